The normalized spacial score (nSPS) is 11.0. The average molecular weight is 280 g/mol. The molecule has 6 heteroatoms. The molecule has 0 atom stereocenters. The van der Waals surface area contributed by atoms with E-state index in [0.29, 0.717) is 6.61 Å². The standard InChI is InChI=1S/C9H14BrNO4/c1-3-5-15-11-8(7(12)6-10)9(13)14-4-2/h3-6H2,1-2H3. The van der Waals surface area contributed by atoms with Crippen molar-refractivity contribution < 1.29 is 19.2 Å². The SMILES string of the molecule is CCCON=C(C(=O)CBr)C(=O)OCC. The van der Waals surface area contributed by atoms with E-state index in [0.717, 1.165) is 6.42 Å². The highest BCUT2D eigenvalue weighted by molar-refractivity contribution is 9.09. The Kier molecular flexibility index (Phi) is 7.89. The van der Waals surface area contributed by atoms with Crippen molar-refractivity contribution in [1.82, 2.24) is 0 Å². The molecule has 0 radical (unpaired) electrons. The number of ketones is 1. The summed E-state index contributed by atoms with van der Waals surface area (Å²) in [6, 6.07) is 0. The van der Waals surface area contributed by atoms with E-state index in [4.69, 9.17) is 4.84 Å². The smallest absolute Gasteiger partial charge is 0.364 e. The molecule has 0 bridgehead atoms. The maximum absolute atomic E-state index is 11.3. The lowest BCUT2D eigenvalue weighted by Gasteiger charge is -2.03. The van der Waals surface area contributed by atoms with E-state index >= 15 is 0 Å². The number of alkyl halides is 1. The van der Waals surface area contributed by atoms with Crippen molar-refractivity contribution in [3.8, 4) is 0 Å². The number of nitrogens with zero attached hydrogens (tertiary/aromatic N) is 1. The highest BCUT2D eigenvalue weighted by Gasteiger charge is 2.21. The minimum atomic E-state index is -0.752. The monoisotopic (exact) mass is 279 g/mol. The second kappa shape index (κ2) is 8.40. The van der Waals surface area contributed by atoms with Crippen molar-refractivity contribution in [1.29, 1.82) is 0 Å². The van der Waals surface area contributed by atoms with Crippen LogP contribution in [0.25, 0.3) is 0 Å². The summed E-state index contributed by atoms with van der Waals surface area (Å²) in [6.45, 7) is 4.10. The van der Waals surface area contributed by atoms with Crippen molar-refractivity contribution in [2.75, 3.05) is 18.5 Å². The van der Waals surface area contributed by atoms with Crippen molar-refractivity contribution >= 4 is 33.4 Å². The number of esters is 1. The van der Waals surface area contributed by atoms with Crippen LogP contribution in [-0.4, -0.2) is 36.0 Å². The van der Waals surface area contributed by atoms with Crippen LogP contribution >= 0.6 is 15.9 Å². The van der Waals surface area contributed by atoms with E-state index in [1.807, 2.05) is 6.92 Å². The van der Waals surface area contributed by atoms with E-state index in [-0.39, 0.29) is 17.6 Å². The summed E-state index contributed by atoms with van der Waals surface area (Å²) in [5.74, 6) is -1.21. The summed E-state index contributed by atoms with van der Waals surface area (Å²) < 4.78 is 4.67. The van der Waals surface area contributed by atoms with E-state index in [2.05, 4.69) is 25.8 Å². The molecule has 0 aliphatic heterocycles. The Balaban J connectivity index is 4.49. The van der Waals surface area contributed by atoms with E-state index in [1.165, 1.54) is 0 Å². The molecule has 0 aliphatic rings. The first-order valence-corrected chi connectivity index (χ1v) is 5.75. The summed E-state index contributed by atoms with van der Waals surface area (Å²) in [5.41, 5.74) is -0.304. The largest absolute Gasteiger partial charge is 0.461 e. The molecule has 0 aromatic heterocycles. The predicted molar refractivity (Wildman–Crippen MR) is 59.1 cm³/mol. The van der Waals surface area contributed by atoms with Gasteiger partial charge in [-0.2, -0.15) is 0 Å². The number of ether oxygens (including phenoxy) is 1. The van der Waals surface area contributed by atoms with Gasteiger partial charge in [-0.3, -0.25) is 4.79 Å². The predicted octanol–water partition coefficient (Wildman–Crippen LogP) is 1.30. The molecule has 0 N–H and O–H groups in total. The van der Waals surface area contributed by atoms with Gasteiger partial charge in [-0.15, -0.1) is 0 Å². The van der Waals surface area contributed by atoms with Crippen LogP contribution in [0.15, 0.2) is 5.16 Å². The zero-order valence-electron chi connectivity index (χ0n) is 8.79. The molecular formula is C9H14BrNO4. The Morgan fingerprint density at radius 1 is 1.33 bits per heavy atom. The van der Waals surface area contributed by atoms with Gasteiger partial charge < -0.3 is 9.57 Å². The lowest BCUT2D eigenvalue weighted by Crippen LogP contribution is -2.27. The Morgan fingerprint density at radius 3 is 2.47 bits per heavy atom. The number of carbonyl (C=O) groups excluding carboxylic acids is 2. The van der Waals surface area contributed by atoms with Crippen LogP contribution < -0.4 is 0 Å². The quantitative estimate of drug-likeness (QED) is 0.176. The van der Waals surface area contributed by atoms with Gasteiger partial charge in [0.25, 0.3) is 0 Å². The van der Waals surface area contributed by atoms with Gasteiger partial charge in [-0.1, -0.05) is 28.0 Å². The average Bonchev–Trinajstić information content (AvgIpc) is 2.23. The zero-order valence-corrected chi connectivity index (χ0v) is 10.4. The summed E-state index contributed by atoms with van der Waals surface area (Å²) in [7, 11) is 0. The van der Waals surface area contributed by atoms with Gasteiger partial charge in [0.15, 0.2) is 0 Å². The van der Waals surface area contributed by atoms with Gasteiger partial charge in [0.2, 0.25) is 11.5 Å². The van der Waals surface area contributed by atoms with Crippen LogP contribution in [0.2, 0.25) is 0 Å². The number of carbonyl (C=O) groups is 2. The molecule has 15 heavy (non-hydrogen) atoms. The molecule has 0 unspecified atom stereocenters. The molecule has 86 valence electrons. The second-order valence-electron chi connectivity index (χ2n) is 2.55. The van der Waals surface area contributed by atoms with Crippen LogP contribution in [0.1, 0.15) is 20.3 Å². The molecule has 0 saturated carbocycles. The first kappa shape index (κ1) is 14.1. The third kappa shape index (κ3) is 5.51. The topological polar surface area (TPSA) is 65.0 Å². The lowest BCUT2D eigenvalue weighted by molar-refractivity contribution is -0.135. The molecule has 0 fully saturated rings. The minimum Gasteiger partial charge on any atom is -0.461 e. The Morgan fingerprint density at radius 2 is 2.00 bits per heavy atom. The Hall–Kier alpha value is -0.910. The van der Waals surface area contributed by atoms with Gasteiger partial charge in [0.05, 0.1) is 11.9 Å². The van der Waals surface area contributed by atoms with Crippen molar-refractivity contribution in [3.05, 3.63) is 0 Å². The number of halogens is 1. The molecule has 0 heterocycles. The van der Waals surface area contributed by atoms with Gasteiger partial charge in [0.1, 0.15) is 6.61 Å². The summed E-state index contributed by atoms with van der Waals surface area (Å²) in [5, 5.41) is 3.48. The third-order valence-electron chi connectivity index (χ3n) is 1.31. The molecule has 0 aromatic rings. The first-order valence-electron chi connectivity index (χ1n) is 4.63. The minimum absolute atomic E-state index is 0.0140. The molecule has 0 aromatic carbocycles. The molecule has 0 amide bonds. The second-order valence-corrected chi connectivity index (χ2v) is 3.11. The molecule has 0 aliphatic carbocycles. The molecule has 5 nitrogen and oxygen atoms in total. The maximum Gasteiger partial charge on any atom is 0.364 e. The molecule has 0 spiro atoms. The van der Waals surface area contributed by atoms with Crippen molar-refractivity contribution in [2.24, 2.45) is 5.16 Å². The number of hydrogen-bond acceptors (Lipinski definition) is 5. The number of rotatable bonds is 7. The van der Waals surface area contributed by atoms with Gasteiger partial charge >= 0.3 is 5.97 Å². The van der Waals surface area contributed by atoms with Crippen LogP contribution in [0, 0.1) is 0 Å². The third-order valence-corrected chi connectivity index (χ3v) is 1.81. The molecular weight excluding hydrogens is 266 g/mol. The van der Waals surface area contributed by atoms with Crippen LogP contribution in [-0.2, 0) is 19.2 Å². The summed E-state index contributed by atoms with van der Waals surface area (Å²) in [6.07, 6.45) is 0.752. The fraction of sp³-hybridized carbons (Fsp3) is 0.667. The van der Waals surface area contributed by atoms with E-state index in [1.54, 1.807) is 6.92 Å². The first-order chi connectivity index (χ1) is 7.17. The highest BCUT2D eigenvalue weighted by Crippen LogP contribution is 1.94. The lowest BCUT2D eigenvalue weighted by atomic mass is 10.3. The fourth-order valence-corrected chi connectivity index (χ4v) is 0.932. The fourth-order valence-electron chi connectivity index (χ4n) is 0.666. The number of hydrogen-bond donors (Lipinski definition) is 0. The number of Topliss-reactive ketones (excluding diaryl/α,β-unsaturated/α-hetero) is 1. The Labute approximate surface area is 96.9 Å². The molecule has 0 rings (SSSR count). The summed E-state index contributed by atoms with van der Waals surface area (Å²) in [4.78, 5) is 27.3. The van der Waals surface area contributed by atoms with Crippen LogP contribution in [0.4, 0.5) is 0 Å². The van der Waals surface area contributed by atoms with E-state index < -0.39 is 11.8 Å². The van der Waals surface area contributed by atoms with Gasteiger partial charge in [-0.05, 0) is 13.3 Å². The maximum atomic E-state index is 11.3. The van der Waals surface area contributed by atoms with Crippen LogP contribution in [0.5, 0.6) is 0 Å². The van der Waals surface area contributed by atoms with Gasteiger partial charge in [-0.25, -0.2) is 4.79 Å². The Bertz CT molecular complexity index is 252. The number of oxime groups is 1. The zero-order chi connectivity index (χ0) is 11.7. The molecule has 0 saturated heterocycles. The van der Waals surface area contributed by atoms with Gasteiger partial charge in [0, 0.05) is 0 Å². The van der Waals surface area contributed by atoms with Crippen LogP contribution in [0.3, 0.4) is 0 Å². The summed E-state index contributed by atoms with van der Waals surface area (Å²) >= 11 is 2.95. The van der Waals surface area contributed by atoms with Crippen molar-refractivity contribution in [2.45, 2.75) is 20.3 Å². The highest BCUT2D eigenvalue weighted by atomic mass is 79.9. The van der Waals surface area contributed by atoms with Crippen molar-refractivity contribution in [3.63, 3.8) is 0 Å². The van der Waals surface area contributed by atoms with E-state index in [9.17, 15) is 9.59 Å².